The molecule has 240 valence electrons. The average Bonchev–Trinajstić information content (AvgIpc) is 3.82. The van der Waals surface area contributed by atoms with Gasteiger partial charge in [-0.3, -0.25) is 0 Å². The fourth-order valence-corrected chi connectivity index (χ4v) is 7.93. The van der Waals surface area contributed by atoms with E-state index in [-0.39, 0.29) is 6.04 Å². The van der Waals surface area contributed by atoms with Gasteiger partial charge in [-0.1, -0.05) is 125 Å². The molecule has 2 unspecified atom stereocenters. The number of hydrogen-bond acceptors (Lipinski definition) is 1. The van der Waals surface area contributed by atoms with Crippen LogP contribution in [0.15, 0.2) is 164 Å². The standard InChI is InChI=1S/C42H29N3.2C2H6/c1-2-12-28(13-3-1)43-41-24-22-29(44-37-18-8-4-14-31(37)32-15-5-9-19-38(32)44)26-35(41)36-27-30(23-25-42(36)43)45-39-20-10-6-16-33(39)34-17-7-11-21-40(34)45;2*1-2/h1-27,31,37H;2*1-2H3. The second-order valence-electron chi connectivity index (χ2n) is 12.2. The molecule has 0 N–H and O–H groups in total. The molecule has 0 bridgehead atoms. The molecule has 10 rings (SSSR count). The molecule has 0 saturated heterocycles. The molecular formula is C46H41N3. The first-order valence-corrected chi connectivity index (χ1v) is 17.7. The molecule has 0 saturated carbocycles. The van der Waals surface area contributed by atoms with Crippen LogP contribution in [0.4, 0.5) is 11.4 Å². The Labute approximate surface area is 288 Å². The smallest absolute Gasteiger partial charge is 0.0629 e. The van der Waals surface area contributed by atoms with Crippen molar-refractivity contribution >= 4 is 55.0 Å². The van der Waals surface area contributed by atoms with Crippen molar-refractivity contribution in [3.63, 3.8) is 0 Å². The van der Waals surface area contributed by atoms with Crippen LogP contribution in [0.2, 0.25) is 0 Å². The lowest BCUT2D eigenvalue weighted by Crippen LogP contribution is -2.28. The third-order valence-corrected chi connectivity index (χ3v) is 9.82. The van der Waals surface area contributed by atoms with Crippen molar-refractivity contribution in [2.45, 2.75) is 39.7 Å². The van der Waals surface area contributed by atoms with Crippen molar-refractivity contribution < 1.29 is 0 Å². The zero-order valence-corrected chi connectivity index (χ0v) is 28.6. The Morgan fingerprint density at radius 3 is 1.61 bits per heavy atom. The van der Waals surface area contributed by atoms with Crippen LogP contribution >= 0.6 is 0 Å². The molecule has 49 heavy (non-hydrogen) atoms. The van der Waals surface area contributed by atoms with Crippen LogP contribution in [0.3, 0.4) is 0 Å². The van der Waals surface area contributed by atoms with Crippen molar-refractivity contribution in [1.82, 2.24) is 9.13 Å². The topological polar surface area (TPSA) is 13.1 Å². The third kappa shape index (κ3) is 4.72. The van der Waals surface area contributed by atoms with Gasteiger partial charge in [0.05, 0.1) is 28.1 Å². The van der Waals surface area contributed by atoms with Crippen molar-refractivity contribution in [2.75, 3.05) is 4.90 Å². The van der Waals surface area contributed by atoms with E-state index in [9.17, 15) is 0 Å². The summed E-state index contributed by atoms with van der Waals surface area (Å²) < 4.78 is 4.83. The molecule has 3 heterocycles. The van der Waals surface area contributed by atoms with E-state index >= 15 is 0 Å². The Kier molecular flexibility index (Phi) is 7.89. The van der Waals surface area contributed by atoms with Crippen LogP contribution in [-0.4, -0.2) is 15.2 Å². The van der Waals surface area contributed by atoms with Crippen molar-refractivity contribution in [1.29, 1.82) is 0 Å². The molecule has 2 aromatic heterocycles. The minimum atomic E-state index is 0.264. The van der Waals surface area contributed by atoms with Crippen molar-refractivity contribution in [3.8, 4) is 11.4 Å². The highest BCUT2D eigenvalue weighted by atomic mass is 15.2. The van der Waals surface area contributed by atoms with Gasteiger partial charge in [0.1, 0.15) is 0 Å². The van der Waals surface area contributed by atoms with E-state index in [1.54, 1.807) is 0 Å². The first-order chi connectivity index (χ1) is 24.3. The SMILES string of the molecule is C1=CC2c3ccccc3N(c3ccc4c(c3)c3cc(-n5c6ccccc6c6ccccc65)ccc3n4-c3ccccc3)C2C=C1.CC.CC. The lowest BCUT2D eigenvalue weighted by molar-refractivity contribution is 0.745. The molecule has 2 atom stereocenters. The summed E-state index contributed by atoms with van der Waals surface area (Å²) in [6.07, 6.45) is 9.08. The predicted molar refractivity (Wildman–Crippen MR) is 211 cm³/mol. The zero-order chi connectivity index (χ0) is 33.5. The Morgan fingerprint density at radius 1 is 0.408 bits per heavy atom. The molecule has 8 aromatic rings. The Bertz CT molecular complexity index is 2460. The highest BCUT2D eigenvalue weighted by Crippen LogP contribution is 2.48. The van der Waals surface area contributed by atoms with Crippen LogP contribution in [0.1, 0.15) is 39.2 Å². The Balaban J connectivity index is 0.000000843. The lowest BCUT2D eigenvalue weighted by atomic mass is 9.91. The molecule has 0 amide bonds. The van der Waals surface area contributed by atoms with Gasteiger partial charge >= 0.3 is 0 Å². The Hall–Kier alpha value is -5.80. The number of fused-ring (bicyclic) bond motifs is 9. The van der Waals surface area contributed by atoms with Crippen LogP contribution in [0.5, 0.6) is 0 Å². The van der Waals surface area contributed by atoms with Gasteiger partial charge in [0.2, 0.25) is 0 Å². The molecule has 1 aliphatic carbocycles. The predicted octanol–water partition coefficient (Wildman–Crippen LogP) is 12.7. The number of rotatable bonds is 3. The first-order valence-electron chi connectivity index (χ1n) is 17.7. The van der Waals surface area contributed by atoms with Crippen LogP contribution in [-0.2, 0) is 0 Å². The summed E-state index contributed by atoms with van der Waals surface area (Å²) in [5, 5.41) is 5.06. The third-order valence-electron chi connectivity index (χ3n) is 9.82. The molecule has 3 heteroatoms. The summed E-state index contributed by atoms with van der Waals surface area (Å²) in [5.74, 6) is 0.356. The maximum absolute atomic E-state index is 2.53. The fraction of sp³-hybridized carbons (Fsp3) is 0.130. The monoisotopic (exact) mass is 635 g/mol. The summed E-state index contributed by atoms with van der Waals surface area (Å²) in [4.78, 5) is 2.53. The first kappa shape index (κ1) is 30.5. The second kappa shape index (κ2) is 12.7. The van der Waals surface area contributed by atoms with Crippen molar-refractivity contribution in [2.24, 2.45) is 0 Å². The van der Waals surface area contributed by atoms with E-state index < -0.39 is 0 Å². The second-order valence-corrected chi connectivity index (χ2v) is 12.2. The van der Waals surface area contributed by atoms with E-state index in [0.717, 1.165) is 0 Å². The largest absolute Gasteiger partial charge is 0.333 e. The Morgan fingerprint density at radius 2 is 0.918 bits per heavy atom. The summed E-state index contributed by atoms with van der Waals surface area (Å²) in [6, 6.07) is 51.4. The molecule has 0 fully saturated rings. The number of allylic oxidation sites excluding steroid dienone is 2. The van der Waals surface area contributed by atoms with Gasteiger partial charge < -0.3 is 14.0 Å². The molecule has 1 aliphatic heterocycles. The summed E-state index contributed by atoms with van der Waals surface area (Å²) in [6.45, 7) is 8.00. The fourth-order valence-electron chi connectivity index (χ4n) is 7.93. The molecule has 2 aliphatic rings. The number of hydrogen-bond donors (Lipinski definition) is 0. The number of nitrogens with zero attached hydrogens (tertiary/aromatic N) is 3. The minimum absolute atomic E-state index is 0.264. The maximum Gasteiger partial charge on any atom is 0.0629 e. The van der Waals surface area contributed by atoms with Crippen molar-refractivity contribution in [3.05, 3.63) is 169 Å². The van der Waals surface area contributed by atoms with E-state index in [4.69, 9.17) is 0 Å². The number of anilines is 2. The van der Waals surface area contributed by atoms with E-state index in [1.165, 1.54) is 71.9 Å². The summed E-state index contributed by atoms with van der Waals surface area (Å²) >= 11 is 0. The average molecular weight is 636 g/mol. The number of aromatic nitrogens is 2. The van der Waals surface area contributed by atoms with Gasteiger partial charge in [0.25, 0.3) is 0 Å². The zero-order valence-electron chi connectivity index (χ0n) is 28.6. The minimum Gasteiger partial charge on any atom is -0.333 e. The van der Waals surface area contributed by atoms with E-state index in [0.29, 0.717) is 5.92 Å². The number of benzene rings is 6. The number of para-hydroxylation sites is 4. The van der Waals surface area contributed by atoms with Crippen LogP contribution < -0.4 is 4.90 Å². The maximum atomic E-state index is 2.53. The highest BCUT2D eigenvalue weighted by molar-refractivity contribution is 6.13. The molecule has 0 spiro atoms. The van der Waals surface area contributed by atoms with Gasteiger partial charge in [0, 0.05) is 50.2 Å². The van der Waals surface area contributed by atoms with Gasteiger partial charge in [-0.25, -0.2) is 0 Å². The quantitative estimate of drug-likeness (QED) is 0.188. The lowest BCUT2D eigenvalue weighted by Gasteiger charge is -2.28. The summed E-state index contributed by atoms with van der Waals surface area (Å²) in [5.41, 5.74) is 11.1. The van der Waals surface area contributed by atoms with Gasteiger partial charge in [-0.15, -0.1) is 0 Å². The van der Waals surface area contributed by atoms with Gasteiger partial charge in [0.15, 0.2) is 0 Å². The van der Waals surface area contributed by atoms with Gasteiger partial charge in [-0.05, 0) is 72.3 Å². The molecule has 0 radical (unpaired) electrons. The van der Waals surface area contributed by atoms with E-state index in [1.807, 2.05) is 27.7 Å². The van der Waals surface area contributed by atoms with E-state index in [2.05, 4.69) is 178 Å². The molecular weight excluding hydrogens is 595 g/mol. The summed E-state index contributed by atoms with van der Waals surface area (Å²) in [7, 11) is 0. The van der Waals surface area contributed by atoms with Crippen LogP contribution in [0.25, 0.3) is 55.0 Å². The van der Waals surface area contributed by atoms with Gasteiger partial charge in [-0.2, -0.15) is 0 Å². The van der Waals surface area contributed by atoms with Crippen LogP contribution in [0, 0.1) is 0 Å². The molecule has 6 aromatic carbocycles. The highest BCUT2D eigenvalue weighted by Gasteiger charge is 2.37. The normalized spacial score (nSPS) is 16.0. The molecule has 3 nitrogen and oxygen atoms in total.